The van der Waals surface area contributed by atoms with Crippen molar-refractivity contribution >= 4 is 11.4 Å². The molecule has 6 heteroatoms. The van der Waals surface area contributed by atoms with Gasteiger partial charge in [0.2, 0.25) is 0 Å². The summed E-state index contributed by atoms with van der Waals surface area (Å²) in [6.07, 6.45) is 0. The molecule has 0 atom stereocenters. The van der Waals surface area contributed by atoms with Gasteiger partial charge in [-0.05, 0) is 29.8 Å². The van der Waals surface area contributed by atoms with Crippen LogP contribution in [0, 0.1) is 15.9 Å². The lowest BCUT2D eigenvalue weighted by molar-refractivity contribution is -0.384. The summed E-state index contributed by atoms with van der Waals surface area (Å²) in [5.74, 6) is -0.501. The molecule has 0 saturated heterocycles. The Kier molecular flexibility index (Phi) is 3.61. The predicted molar refractivity (Wildman–Crippen MR) is 68.5 cm³/mol. The number of halogens is 1. The van der Waals surface area contributed by atoms with Crippen molar-refractivity contribution in [3.05, 3.63) is 64.0 Å². The Balaban J connectivity index is 2.15. The second kappa shape index (κ2) is 5.34. The molecule has 0 heterocycles. The molecular weight excluding hydrogens is 251 g/mol. The van der Waals surface area contributed by atoms with Crippen molar-refractivity contribution in [1.29, 1.82) is 0 Å². The van der Waals surface area contributed by atoms with Crippen molar-refractivity contribution in [1.82, 2.24) is 0 Å². The van der Waals surface area contributed by atoms with E-state index in [1.165, 1.54) is 24.3 Å². The molecule has 5 nitrogen and oxygen atoms in total. The predicted octanol–water partition coefficient (Wildman–Crippen LogP) is 3.05. The number of hydrogen-bond donors (Lipinski definition) is 2. The third-order valence-electron chi connectivity index (χ3n) is 2.57. The number of nitrogens with zero attached hydrogens (tertiary/aromatic N) is 1. The van der Waals surface area contributed by atoms with Gasteiger partial charge in [0.15, 0.2) is 0 Å². The maximum atomic E-state index is 12.7. The largest absolute Gasteiger partial charge is 0.508 e. The van der Waals surface area contributed by atoms with Gasteiger partial charge >= 0.3 is 0 Å². The number of phenols is 1. The lowest BCUT2D eigenvalue weighted by Gasteiger charge is -2.07. The summed E-state index contributed by atoms with van der Waals surface area (Å²) < 4.78 is 12.7. The van der Waals surface area contributed by atoms with Gasteiger partial charge in [-0.2, -0.15) is 0 Å². The van der Waals surface area contributed by atoms with E-state index in [1.807, 2.05) is 0 Å². The molecule has 98 valence electrons. The van der Waals surface area contributed by atoms with Crippen LogP contribution >= 0.6 is 0 Å². The smallest absolute Gasteiger partial charge is 0.296 e. The molecule has 0 unspecified atom stereocenters. The van der Waals surface area contributed by atoms with Gasteiger partial charge in [0.1, 0.15) is 17.3 Å². The monoisotopic (exact) mass is 262 g/mol. The highest BCUT2D eigenvalue weighted by Crippen LogP contribution is 2.28. The maximum Gasteiger partial charge on any atom is 0.296 e. The maximum absolute atomic E-state index is 12.7. The number of anilines is 1. The van der Waals surface area contributed by atoms with Gasteiger partial charge in [-0.15, -0.1) is 0 Å². The number of hydrogen-bond acceptors (Lipinski definition) is 4. The summed E-state index contributed by atoms with van der Waals surface area (Å²) in [7, 11) is 0. The zero-order valence-electron chi connectivity index (χ0n) is 9.84. The zero-order valence-corrected chi connectivity index (χ0v) is 9.84. The van der Waals surface area contributed by atoms with Crippen LogP contribution in [0.15, 0.2) is 42.5 Å². The summed E-state index contributed by atoms with van der Waals surface area (Å²) >= 11 is 0. The number of nitro groups is 1. The summed E-state index contributed by atoms with van der Waals surface area (Å²) in [5, 5.41) is 22.9. The Morgan fingerprint density at radius 3 is 2.53 bits per heavy atom. The minimum atomic E-state index is -0.577. The van der Waals surface area contributed by atoms with E-state index in [9.17, 15) is 19.6 Å². The Bertz CT molecular complexity index is 599. The van der Waals surface area contributed by atoms with Crippen LogP contribution in [0.3, 0.4) is 0 Å². The standard InChI is InChI=1S/C13H11FN2O3/c14-10-3-1-9(2-4-10)8-15-12-6-5-11(17)7-13(12)16(18)19/h1-7,15,17H,8H2. The molecule has 0 aliphatic heterocycles. The number of rotatable bonds is 4. The van der Waals surface area contributed by atoms with Gasteiger partial charge in [0, 0.05) is 6.54 Å². The van der Waals surface area contributed by atoms with Crippen LogP contribution in [-0.2, 0) is 6.54 Å². The highest BCUT2D eigenvalue weighted by molar-refractivity contribution is 5.63. The third-order valence-corrected chi connectivity index (χ3v) is 2.57. The Labute approximate surface area is 108 Å². The Morgan fingerprint density at radius 2 is 1.89 bits per heavy atom. The van der Waals surface area contributed by atoms with E-state index in [4.69, 9.17) is 0 Å². The van der Waals surface area contributed by atoms with Crippen LogP contribution in [0.5, 0.6) is 5.75 Å². The van der Waals surface area contributed by atoms with E-state index in [0.717, 1.165) is 11.6 Å². The van der Waals surface area contributed by atoms with Crippen molar-refractivity contribution in [3.63, 3.8) is 0 Å². The fraction of sp³-hybridized carbons (Fsp3) is 0.0769. The molecular formula is C13H11FN2O3. The number of aromatic hydroxyl groups is 1. The zero-order chi connectivity index (χ0) is 13.8. The average Bonchev–Trinajstić information content (AvgIpc) is 2.39. The van der Waals surface area contributed by atoms with Gasteiger partial charge in [0.25, 0.3) is 5.69 Å². The normalized spacial score (nSPS) is 10.2. The fourth-order valence-electron chi connectivity index (χ4n) is 1.62. The molecule has 2 rings (SSSR count). The number of nitrogens with one attached hydrogen (secondary N) is 1. The lowest BCUT2D eigenvalue weighted by atomic mass is 10.2. The van der Waals surface area contributed by atoms with Crippen LogP contribution in [0.4, 0.5) is 15.8 Å². The molecule has 0 aliphatic carbocycles. The highest BCUT2D eigenvalue weighted by atomic mass is 19.1. The summed E-state index contributed by atoms with van der Waals surface area (Å²) in [4.78, 5) is 10.3. The summed E-state index contributed by atoms with van der Waals surface area (Å²) in [6, 6.07) is 9.69. The lowest BCUT2D eigenvalue weighted by Crippen LogP contribution is -2.02. The number of nitro benzene ring substituents is 1. The molecule has 0 aliphatic rings. The topological polar surface area (TPSA) is 75.4 Å². The molecule has 2 aromatic rings. The highest BCUT2D eigenvalue weighted by Gasteiger charge is 2.14. The Hall–Kier alpha value is -2.63. The van der Waals surface area contributed by atoms with E-state index in [1.54, 1.807) is 12.1 Å². The fourth-order valence-corrected chi connectivity index (χ4v) is 1.62. The van der Waals surface area contributed by atoms with Crippen LogP contribution in [-0.4, -0.2) is 10.0 Å². The van der Waals surface area contributed by atoms with Crippen molar-refractivity contribution in [2.75, 3.05) is 5.32 Å². The van der Waals surface area contributed by atoms with E-state index >= 15 is 0 Å². The molecule has 19 heavy (non-hydrogen) atoms. The average molecular weight is 262 g/mol. The van der Waals surface area contributed by atoms with Crippen LogP contribution in [0.2, 0.25) is 0 Å². The first-order chi connectivity index (χ1) is 9.06. The molecule has 0 bridgehead atoms. The molecule has 0 fully saturated rings. The van der Waals surface area contributed by atoms with Gasteiger partial charge in [-0.3, -0.25) is 10.1 Å². The van der Waals surface area contributed by atoms with E-state index < -0.39 is 4.92 Å². The van der Waals surface area contributed by atoms with E-state index in [-0.39, 0.29) is 17.3 Å². The van der Waals surface area contributed by atoms with Crippen molar-refractivity contribution < 1.29 is 14.4 Å². The van der Waals surface area contributed by atoms with E-state index in [2.05, 4.69) is 5.32 Å². The molecule has 0 spiro atoms. The number of benzene rings is 2. The first-order valence-electron chi connectivity index (χ1n) is 5.52. The minimum absolute atomic E-state index is 0.168. The summed E-state index contributed by atoms with van der Waals surface area (Å²) in [5.41, 5.74) is 0.887. The molecule has 0 aromatic heterocycles. The molecule has 2 aromatic carbocycles. The quantitative estimate of drug-likeness (QED) is 0.504. The van der Waals surface area contributed by atoms with Crippen molar-refractivity contribution in [2.24, 2.45) is 0 Å². The minimum Gasteiger partial charge on any atom is -0.508 e. The van der Waals surface area contributed by atoms with Gasteiger partial charge in [0.05, 0.1) is 11.0 Å². The summed E-state index contributed by atoms with van der Waals surface area (Å²) in [6.45, 7) is 0.325. The second-order valence-electron chi connectivity index (χ2n) is 3.94. The second-order valence-corrected chi connectivity index (χ2v) is 3.94. The first kappa shape index (κ1) is 12.8. The van der Waals surface area contributed by atoms with Crippen molar-refractivity contribution in [2.45, 2.75) is 6.54 Å². The molecule has 0 radical (unpaired) electrons. The van der Waals surface area contributed by atoms with Gasteiger partial charge in [-0.25, -0.2) is 4.39 Å². The van der Waals surface area contributed by atoms with Gasteiger partial charge in [-0.1, -0.05) is 12.1 Å². The van der Waals surface area contributed by atoms with Crippen LogP contribution in [0.25, 0.3) is 0 Å². The molecule has 0 amide bonds. The SMILES string of the molecule is O=[N+]([O-])c1cc(O)ccc1NCc1ccc(F)cc1. The van der Waals surface area contributed by atoms with Crippen molar-refractivity contribution in [3.8, 4) is 5.75 Å². The van der Waals surface area contributed by atoms with Crippen LogP contribution < -0.4 is 5.32 Å². The van der Waals surface area contributed by atoms with Gasteiger partial charge < -0.3 is 10.4 Å². The Morgan fingerprint density at radius 1 is 1.21 bits per heavy atom. The molecule has 0 saturated carbocycles. The third kappa shape index (κ3) is 3.19. The first-order valence-corrected chi connectivity index (χ1v) is 5.52. The molecule has 2 N–H and O–H groups in total. The number of phenolic OH excluding ortho intramolecular Hbond substituents is 1. The van der Waals surface area contributed by atoms with E-state index in [0.29, 0.717) is 12.2 Å². The van der Waals surface area contributed by atoms with Crippen LogP contribution in [0.1, 0.15) is 5.56 Å².